The third-order valence-electron chi connectivity index (χ3n) is 3.55. The Bertz CT molecular complexity index is 437. The number of nitrogens with one attached hydrogen (secondary N) is 1. The van der Waals surface area contributed by atoms with Gasteiger partial charge in [-0.1, -0.05) is 38.1 Å². The van der Waals surface area contributed by atoms with Crippen LogP contribution in [0.1, 0.15) is 44.2 Å². The maximum absolute atomic E-state index is 11.9. The summed E-state index contributed by atoms with van der Waals surface area (Å²) in [5.41, 5.74) is 8.46. The number of nitrogens with two attached hydrogens (primary N) is 1. The number of amides is 1. The maximum atomic E-state index is 11.9. The summed E-state index contributed by atoms with van der Waals surface area (Å²) in [6, 6.07) is 8.32. The maximum Gasteiger partial charge on any atom is 0.237 e. The Labute approximate surface area is 145 Å². The van der Waals surface area contributed by atoms with Crippen molar-refractivity contribution in [3.8, 4) is 0 Å². The number of halogens is 1. The van der Waals surface area contributed by atoms with Crippen molar-refractivity contribution >= 4 is 30.1 Å². The zero-order chi connectivity index (χ0) is 15.8. The van der Waals surface area contributed by atoms with Gasteiger partial charge in [0.25, 0.3) is 0 Å². The zero-order valence-corrected chi connectivity index (χ0v) is 15.6. The molecule has 126 valence electrons. The fraction of sp³-hybridized carbons (Fsp3) is 0.588. The third kappa shape index (κ3) is 7.52. The van der Waals surface area contributed by atoms with Crippen LogP contribution >= 0.6 is 24.2 Å². The minimum Gasteiger partial charge on any atom is -0.352 e. The number of carbonyl (C=O) groups excluding carboxylic acids is 1. The number of rotatable bonds is 8. The second-order valence-electron chi connectivity index (χ2n) is 5.90. The molecule has 3 nitrogen and oxygen atoms in total. The van der Waals surface area contributed by atoms with Crippen molar-refractivity contribution in [1.29, 1.82) is 0 Å². The topological polar surface area (TPSA) is 55.1 Å². The van der Waals surface area contributed by atoms with Crippen molar-refractivity contribution in [2.75, 3.05) is 12.0 Å². The standard InChI is InChI=1S/C17H28N2OS.ClH/c1-12(2)15-7-5-14(6-8-15)11-13(3)19-17(20)16(18)9-10-21-4;/h5-8,12-13,16H,9-11,18H2,1-4H3,(H,19,20);1H. The molecule has 0 aliphatic rings. The molecule has 5 heteroatoms. The van der Waals surface area contributed by atoms with Gasteiger partial charge in [0.1, 0.15) is 0 Å². The summed E-state index contributed by atoms with van der Waals surface area (Å²) in [6.07, 6.45) is 3.58. The van der Waals surface area contributed by atoms with Crippen LogP contribution in [0.2, 0.25) is 0 Å². The van der Waals surface area contributed by atoms with Crippen LogP contribution < -0.4 is 11.1 Å². The molecule has 1 aromatic carbocycles. The molecule has 0 spiro atoms. The molecule has 0 aromatic heterocycles. The van der Waals surface area contributed by atoms with E-state index in [0.717, 1.165) is 18.6 Å². The second-order valence-corrected chi connectivity index (χ2v) is 6.88. The van der Waals surface area contributed by atoms with E-state index in [-0.39, 0.29) is 24.4 Å². The monoisotopic (exact) mass is 344 g/mol. The predicted molar refractivity (Wildman–Crippen MR) is 100 cm³/mol. The molecule has 0 aliphatic carbocycles. The van der Waals surface area contributed by atoms with Crippen LogP contribution in [0.4, 0.5) is 0 Å². The van der Waals surface area contributed by atoms with Crippen molar-refractivity contribution in [3.63, 3.8) is 0 Å². The second kappa shape index (κ2) is 10.9. The Balaban J connectivity index is 0.00000441. The lowest BCUT2D eigenvalue weighted by Crippen LogP contribution is -2.45. The molecule has 2 atom stereocenters. The summed E-state index contributed by atoms with van der Waals surface area (Å²) < 4.78 is 0. The van der Waals surface area contributed by atoms with E-state index in [4.69, 9.17) is 5.73 Å². The van der Waals surface area contributed by atoms with Gasteiger partial charge in [-0.05, 0) is 48.8 Å². The van der Waals surface area contributed by atoms with Gasteiger partial charge in [0.15, 0.2) is 0 Å². The van der Waals surface area contributed by atoms with Crippen LogP contribution in [0.15, 0.2) is 24.3 Å². The number of thioether (sulfide) groups is 1. The summed E-state index contributed by atoms with van der Waals surface area (Å²) in [5.74, 6) is 1.42. The van der Waals surface area contributed by atoms with Crippen LogP contribution in [-0.4, -0.2) is 30.0 Å². The quantitative estimate of drug-likeness (QED) is 0.760. The molecule has 0 bridgehead atoms. The summed E-state index contributed by atoms with van der Waals surface area (Å²) in [7, 11) is 0. The minimum atomic E-state index is -0.400. The van der Waals surface area contributed by atoms with E-state index in [0.29, 0.717) is 5.92 Å². The Morgan fingerprint density at radius 2 is 1.82 bits per heavy atom. The lowest BCUT2D eigenvalue weighted by Gasteiger charge is -2.18. The molecular formula is C17H29ClN2OS. The first kappa shape index (κ1) is 21.3. The lowest BCUT2D eigenvalue weighted by molar-refractivity contribution is -0.122. The van der Waals surface area contributed by atoms with Crippen LogP contribution in [0.25, 0.3) is 0 Å². The molecule has 3 N–H and O–H groups in total. The van der Waals surface area contributed by atoms with E-state index >= 15 is 0 Å². The number of hydrogen-bond acceptors (Lipinski definition) is 3. The van der Waals surface area contributed by atoms with Gasteiger partial charge < -0.3 is 11.1 Å². The molecule has 0 aliphatic heterocycles. The SMILES string of the molecule is CSCCC(N)C(=O)NC(C)Cc1ccc(C(C)C)cc1.Cl. The minimum absolute atomic E-state index is 0. The van der Waals surface area contributed by atoms with E-state index in [1.54, 1.807) is 11.8 Å². The van der Waals surface area contributed by atoms with Crippen LogP contribution in [0.5, 0.6) is 0 Å². The summed E-state index contributed by atoms with van der Waals surface area (Å²) in [6.45, 7) is 6.40. The van der Waals surface area contributed by atoms with Crippen molar-refractivity contribution in [3.05, 3.63) is 35.4 Å². The molecule has 1 aromatic rings. The highest BCUT2D eigenvalue weighted by molar-refractivity contribution is 7.98. The highest BCUT2D eigenvalue weighted by Gasteiger charge is 2.15. The molecular weight excluding hydrogens is 316 g/mol. The van der Waals surface area contributed by atoms with Crippen LogP contribution in [0.3, 0.4) is 0 Å². The van der Waals surface area contributed by atoms with Crippen molar-refractivity contribution in [2.24, 2.45) is 5.73 Å². The molecule has 2 unspecified atom stereocenters. The van der Waals surface area contributed by atoms with Gasteiger partial charge in [-0.15, -0.1) is 12.4 Å². The summed E-state index contributed by atoms with van der Waals surface area (Å²) in [5, 5.41) is 3.00. The van der Waals surface area contributed by atoms with Gasteiger partial charge in [0, 0.05) is 6.04 Å². The van der Waals surface area contributed by atoms with E-state index in [1.165, 1.54) is 11.1 Å². The number of benzene rings is 1. The van der Waals surface area contributed by atoms with Crippen molar-refractivity contribution in [1.82, 2.24) is 5.32 Å². The highest BCUT2D eigenvalue weighted by atomic mass is 35.5. The van der Waals surface area contributed by atoms with E-state index < -0.39 is 6.04 Å². The Hall–Kier alpha value is -0.710. The average molecular weight is 345 g/mol. The van der Waals surface area contributed by atoms with Crippen LogP contribution in [-0.2, 0) is 11.2 Å². The molecule has 1 amide bonds. The van der Waals surface area contributed by atoms with Gasteiger partial charge >= 0.3 is 0 Å². The van der Waals surface area contributed by atoms with E-state index in [1.807, 2.05) is 13.2 Å². The number of hydrogen-bond donors (Lipinski definition) is 2. The zero-order valence-electron chi connectivity index (χ0n) is 14.0. The Kier molecular flexibility index (Phi) is 10.6. The Morgan fingerprint density at radius 1 is 1.23 bits per heavy atom. The highest BCUT2D eigenvalue weighted by Crippen LogP contribution is 2.15. The van der Waals surface area contributed by atoms with Gasteiger partial charge in [-0.3, -0.25) is 4.79 Å². The number of carbonyl (C=O) groups is 1. The molecule has 0 fully saturated rings. The fourth-order valence-corrected chi connectivity index (χ4v) is 2.66. The Morgan fingerprint density at radius 3 is 2.32 bits per heavy atom. The predicted octanol–water partition coefficient (Wildman–Crippen LogP) is 3.36. The molecule has 22 heavy (non-hydrogen) atoms. The van der Waals surface area contributed by atoms with Gasteiger partial charge in [0.05, 0.1) is 6.04 Å². The molecule has 0 radical (unpaired) electrons. The molecule has 0 heterocycles. The first-order valence-corrected chi connectivity index (χ1v) is 8.97. The molecule has 1 rings (SSSR count). The summed E-state index contributed by atoms with van der Waals surface area (Å²) >= 11 is 1.71. The van der Waals surface area contributed by atoms with Crippen molar-refractivity contribution in [2.45, 2.75) is 51.6 Å². The lowest BCUT2D eigenvalue weighted by atomic mass is 9.99. The van der Waals surface area contributed by atoms with Gasteiger partial charge in [-0.25, -0.2) is 0 Å². The third-order valence-corrected chi connectivity index (χ3v) is 4.19. The molecule has 0 saturated heterocycles. The normalized spacial score (nSPS) is 13.4. The van der Waals surface area contributed by atoms with Gasteiger partial charge in [-0.2, -0.15) is 11.8 Å². The largest absolute Gasteiger partial charge is 0.352 e. The van der Waals surface area contributed by atoms with E-state index in [9.17, 15) is 4.79 Å². The average Bonchev–Trinajstić information content (AvgIpc) is 2.45. The first-order valence-electron chi connectivity index (χ1n) is 7.57. The smallest absolute Gasteiger partial charge is 0.237 e. The van der Waals surface area contributed by atoms with Crippen molar-refractivity contribution < 1.29 is 4.79 Å². The molecule has 0 saturated carbocycles. The fourth-order valence-electron chi connectivity index (χ4n) is 2.17. The first-order chi connectivity index (χ1) is 9.93. The summed E-state index contributed by atoms with van der Waals surface area (Å²) in [4.78, 5) is 11.9. The van der Waals surface area contributed by atoms with Crippen LogP contribution in [0, 0.1) is 0 Å². The van der Waals surface area contributed by atoms with Gasteiger partial charge in [0.2, 0.25) is 5.91 Å². The van der Waals surface area contributed by atoms with E-state index in [2.05, 4.69) is 43.4 Å².